The molecular formula is C24H31O9PS2. The highest BCUT2D eigenvalue weighted by Gasteiger charge is 2.15. The zero-order valence-corrected chi connectivity index (χ0v) is 22.8. The number of allylic oxidation sites excluding steroid dienone is 2. The van der Waals surface area contributed by atoms with Crippen LogP contribution in [0.15, 0.2) is 83.0 Å². The maximum absolute atomic E-state index is 12.1. The Morgan fingerprint density at radius 3 is 1.39 bits per heavy atom. The lowest BCUT2D eigenvalue weighted by Crippen LogP contribution is -2.07. The van der Waals surface area contributed by atoms with Crippen LogP contribution in [0.3, 0.4) is 0 Å². The lowest BCUT2D eigenvalue weighted by molar-refractivity contribution is 0.312. The van der Waals surface area contributed by atoms with Gasteiger partial charge in [0.25, 0.3) is 20.2 Å². The van der Waals surface area contributed by atoms with Crippen LogP contribution < -0.4 is 0 Å². The third-order valence-corrected chi connectivity index (χ3v) is 7.96. The van der Waals surface area contributed by atoms with Crippen molar-refractivity contribution >= 4 is 28.5 Å². The van der Waals surface area contributed by atoms with E-state index in [2.05, 4.69) is 0 Å². The minimum atomic E-state index is -3.79. The second kappa shape index (κ2) is 15.0. The summed E-state index contributed by atoms with van der Waals surface area (Å²) in [6.45, 7) is 3.74. The van der Waals surface area contributed by atoms with E-state index in [0.717, 1.165) is 11.1 Å². The molecule has 2 aromatic rings. The van der Waals surface area contributed by atoms with Gasteiger partial charge in [0.2, 0.25) is 0 Å². The zero-order valence-electron chi connectivity index (χ0n) is 20.2. The number of benzene rings is 2. The fraction of sp³-hybridized carbons (Fsp3) is 0.333. The predicted octanol–water partition coefficient (Wildman–Crippen LogP) is 5.42. The Bertz CT molecular complexity index is 1140. The normalized spacial score (nSPS) is 13.3. The van der Waals surface area contributed by atoms with Gasteiger partial charge in [-0.3, -0.25) is 8.37 Å². The van der Waals surface area contributed by atoms with Crippen molar-refractivity contribution in [3.05, 3.63) is 84.3 Å². The fourth-order valence-corrected chi connectivity index (χ4v) is 5.01. The van der Waals surface area contributed by atoms with Gasteiger partial charge in [-0.25, -0.2) is 4.57 Å². The van der Waals surface area contributed by atoms with E-state index in [4.69, 9.17) is 17.4 Å². The number of hydrogen-bond donors (Lipinski definition) is 0. The Hall–Kier alpha value is -2.43. The van der Waals surface area contributed by atoms with Gasteiger partial charge >= 0.3 is 8.25 Å². The van der Waals surface area contributed by atoms with Crippen LogP contribution in [-0.4, -0.2) is 30.0 Å². The Morgan fingerprint density at radius 1 is 0.667 bits per heavy atom. The summed E-state index contributed by atoms with van der Waals surface area (Å²) >= 11 is 0. The Kier molecular flexibility index (Phi) is 12.4. The molecule has 0 saturated carbocycles. The van der Waals surface area contributed by atoms with Gasteiger partial charge in [0.15, 0.2) is 0 Å². The summed E-state index contributed by atoms with van der Waals surface area (Å²) in [6.07, 6.45) is 7.40. The number of unbranched alkanes of at least 4 members (excludes halogenated alkanes) is 2. The van der Waals surface area contributed by atoms with E-state index in [0.29, 0.717) is 25.7 Å². The molecule has 0 atom stereocenters. The fourth-order valence-electron chi connectivity index (χ4n) is 2.66. The molecule has 0 aromatic heterocycles. The molecule has 2 rings (SSSR count). The van der Waals surface area contributed by atoms with Gasteiger partial charge in [0.1, 0.15) is 0 Å². The van der Waals surface area contributed by atoms with Gasteiger partial charge in [-0.15, -0.1) is 0 Å². The van der Waals surface area contributed by atoms with Gasteiger partial charge in [0, 0.05) is 0 Å². The third kappa shape index (κ3) is 11.1. The Balaban J connectivity index is 1.53. The van der Waals surface area contributed by atoms with Crippen molar-refractivity contribution in [1.29, 1.82) is 0 Å². The van der Waals surface area contributed by atoms with Crippen LogP contribution >= 0.6 is 8.25 Å². The summed E-state index contributed by atoms with van der Waals surface area (Å²) in [5.41, 5.74) is 1.91. The Labute approximate surface area is 213 Å². The van der Waals surface area contributed by atoms with Crippen molar-refractivity contribution in [3.8, 4) is 0 Å². The van der Waals surface area contributed by atoms with Gasteiger partial charge in [-0.2, -0.15) is 16.8 Å². The molecule has 0 aliphatic carbocycles. The molecule has 0 fully saturated rings. The summed E-state index contributed by atoms with van der Waals surface area (Å²) in [7, 11) is -10.4. The first-order chi connectivity index (χ1) is 17.1. The summed E-state index contributed by atoms with van der Waals surface area (Å²) in [6, 6.07) is 12.8. The zero-order chi connectivity index (χ0) is 26.4. The first kappa shape index (κ1) is 29.8. The Morgan fingerprint density at radius 2 is 1.03 bits per heavy atom. The molecule has 0 saturated heterocycles. The van der Waals surface area contributed by atoms with Gasteiger partial charge in [-0.05, 0) is 75.9 Å². The van der Waals surface area contributed by atoms with E-state index in [1.807, 2.05) is 13.8 Å². The van der Waals surface area contributed by atoms with Crippen LogP contribution in [0.5, 0.6) is 0 Å². The van der Waals surface area contributed by atoms with Crippen LogP contribution in [0.1, 0.15) is 36.8 Å². The van der Waals surface area contributed by atoms with E-state index >= 15 is 0 Å². The largest absolute Gasteiger partial charge is 0.426 e. The van der Waals surface area contributed by atoms with Gasteiger partial charge in [0.05, 0.1) is 35.5 Å². The third-order valence-electron chi connectivity index (χ3n) is 4.65. The van der Waals surface area contributed by atoms with Crippen LogP contribution in [-0.2, 0) is 42.2 Å². The van der Waals surface area contributed by atoms with Crippen molar-refractivity contribution in [2.75, 3.05) is 13.2 Å². The summed E-state index contributed by atoms with van der Waals surface area (Å²) in [5.74, 6) is 0. The molecule has 9 nitrogen and oxygen atoms in total. The lowest BCUT2D eigenvalue weighted by atomic mass is 10.2. The minimum Gasteiger partial charge on any atom is -0.426 e. The highest BCUT2D eigenvalue weighted by molar-refractivity contribution is 7.87. The molecule has 0 heterocycles. The molecular weight excluding hydrogens is 527 g/mol. The second-order valence-electron chi connectivity index (χ2n) is 7.69. The highest BCUT2D eigenvalue weighted by atomic mass is 32.2. The smallest absolute Gasteiger partial charge is 0.417 e. The van der Waals surface area contributed by atoms with E-state index in [1.165, 1.54) is 36.8 Å². The van der Waals surface area contributed by atoms with E-state index in [-0.39, 0.29) is 23.0 Å². The van der Waals surface area contributed by atoms with Crippen molar-refractivity contribution in [1.82, 2.24) is 0 Å². The molecule has 198 valence electrons. The highest BCUT2D eigenvalue weighted by Crippen LogP contribution is 2.24. The summed E-state index contributed by atoms with van der Waals surface area (Å²) in [4.78, 5) is 0.214. The predicted molar refractivity (Wildman–Crippen MR) is 137 cm³/mol. The molecule has 0 amide bonds. The molecule has 0 radical (unpaired) electrons. The molecule has 0 aliphatic rings. The molecule has 0 N–H and O–H groups in total. The first-order valence-electron chi connectivity index (χ1n) is 11.2. The molecule has 0 unspecified atom stereocenters. The SMILES string of the molecule is Cc1ccc(S(=O)(=O)OCCCC=CO[PH](=O)OC=CCCCOS(=O)(=O)c2ccc(C)cc2)cc1. The average molecular weight is 559 g/mol. The monoisotopic (exact) mass is 558 g/mol. The van der Waals surface area contributed by atoms with Gasteiger partial charge in [-0.1, -0.05) is 35.4 Å². The summed E-state index contributed by atoms with van der Waals surface area (Å²) in [5, 5.41) is 0. The van der Waals surface area contributed by atoms with Crippen LogP contribution in [0, 0.1) is 13.8 Å². The lowest BCUT2D eigenvalue weighted by Gasteiger charge is -2.05. The molecule has 0 spiro atoms. The van der Waals surface area contributed by atoms with Crippen molar-refractivity contribution in [2.24, 2.45) is 0 Å². The van der Waals surface area contributed by atoms with Crippen LogP contribution in [0.25, 0.3) is 0 Å². The van der Waals surface area contributed by atoms with Crippen LogP contribution in [0.4, 0.5) is 0 Å². The molecule has 36 heavy (non-hydrogen) atoms. The van der Waals surface area contributed by atoms with E-state index in [9.17, 15) is 21.4 Å². The maximum atomic E-state index is 12.1. The number of hydrogen-bond acceptors (Lipinski definition) is 9. The van der Waals surface area contributed by atoms with Crippen molar-refractivity contribution in [3.63, 3.8) is 0 Å². The van der Waals surface area contributed by atoms with E-state index in [1.54, 1.807) is 36.4 Å². The summed E-state index contributed by atoms with van der Waals surface area (Å²) < 4.78 is 79.7. The molecule has 0 bridgehead atoms. The number of aryl methyl sites for hydroxylation is 2. The first-order valence-corrected chi connectivity index (χ1v) is 15.2. The van der Waals surface area contributed by atoms with Crippen molar-refractivity contribution < 1.29 is 38.8 Å². The molecule has 12 heteroatoms. The average Bonchev–Trinajstić information content (AvgIpc) is 2.83. The van der Waals surface area contributed by atoms with Crippen molar-refractivity contribution in [2.45, 2.75) is 49.3 Å². The standard InChI is InChI=1S/C24H31O9PS2/c1-21-9-13-23(14-10-21)35(26,27)32-19-7-3-5-17-30-34(25)31-18-6-4-8-20-33-36(28,29)24-15-11-22(2)12-16-24/h5-6,9-18,34H,3-4,7-8,19-20H2,1-2H3. The maximum Gasteiger partial charge on any atom is 0.417 e. The van der Waals surface area contributed by atoms with Gasteiger partial charge < -0.3 is 9.05 Å². The second-order valence-corrected chi connectivity index (χ2v) is 11.9. The molecule has 2 aromatic carbocycles. The topological polar surface area (TPSA) is 122 Å². The number of rotatable bonds is 16. The van der Waals surface area contributed by atoms with E-state index < -0.39 is 28.5 Å². The minimum absolute atomic E-state index is 0.00497. The van der Waals surface area contributed by atoms with Crippen LogP contribution in [0.2, 0.25) is 0 Å². The molecule has 0 aliphatic heterocycles. The quantitative estimate of drug-likeness (QED) is 0.115.